The quantitative estimate of drug-likeness (QED) is 0.536. The van der Waals surface area contributed by atoms with Gasteiger partial charge in [-0.2, -0.15) is 0 Å². The highest BCUT2D eigenvalue weighted by Crippen LogP contribution is 2.28. The molecule has 6 nitrogen and oxygen atoms in total. The largest absolute Gasteiger partial charge is 0.339 e. The number of hydrogen-bond acceptors (Lipinski definition) is 3. The third-order valence-corrected chi connectivity index (χ3v) is 6.33. The van der Waals surface area contributed by atoms with Crippen molar-refractivity contribution < 1.29 is 14.4 Å². The second kappa shape index (κ2) is 10.0. The number of anilines is 2. The molecule has 7 heteroatoms. The smallest absolute Gasteiger partial charge is 0.254 e. The molecule has 0 aliphatic carbocycles. The number of amides is 3. The minimum atomic E-state index is -0.216. The number of carbonyl (C=O) groups is 3. The molecule has 0 radical (unpaired) electrons. The number of carbonyl (C=O) groups excluding carboxylic acids is 3. The Kier molecular flexibility index (Phi) is 6.94. The van der Waals surface area contributed by atoms with Crippen LogP contribution in [0, 0.1) is 5.92 Å². The summed E-state index contributed by atoms with van der Waals surface area (Å²) in [4.78, 5) is 39.5. The highest BCUT2D eigenvalue weighted by molar-refractivity contribution is 6.33. The lowest BCUT2D eigenvalue weighted by Crippen LogP contribution is -2.41. The van der Waals surface area contributed by atoms with Gasteiger partial charge in [0.05, 0.1) is 10.7 Å². The Morgan fingerprint density at radius 3 is 2.45 bits per heavy atom. The molecule has 1 aliphatic rings. The summed E-state index contributed by atoms with van der Waals surface area (Å²) in [7, 11) is 0. The molecule has 1 fully saturated rings. The van der Waals surface area contributed by atoms with Crippen LogP contribution >= 0.6 is 11.6 Å². The number of fused-ring (bicyclic) bond motifs is 1. The number of piperidine rings is 1. The number of halogens is 1. The lowest BCUT2D eigenvalue weighted by molar-refractivity contribution is -0.121. The third-order valence-electron chi connectivity index (χ3n) is 6.00. The van der Waals surface area contributed by atoms with E-state index in [0.717, 1.165) is 10.8 Å². The normalized spacial score (nSPS) is 14.2. The lowest BCUT2D eigenvalue weighted by Gasteiger charge is -2.31. The van der Waals surface area contributed by atoms with Crippen molar-refractivity contribution in [1.82, 2.24) is 4.90 Å². The van der Waals surface area contributed by atoms with Crippen molar-refractivity contribution in [2.24, 2.45) is 5.92 Å². The summed E-state index contributed by atoms with van der Waals surface area (Å²) >= 11 is 6.25. The van der Waals surface area contributed by atoms with E-state index >= 15 is 0 Å². The van der Waals surface area contributed by atoms with Gasteiger partial charge in [0.2, 0.25) is 11.8 Å². The van der Waals surface area contributed by atoms with E-state index in [0.29, 0.717) is 54.3 Å². The van der Waals surface area contributed by atoms with Gasteiger partial charge in [-0.25, -0.2) is 0 Å². The van der Waals surface area contributed by atoms with Crippen LogP contribution in [-0.2, 0) is 9.59 Å². The fraction of sp³-hybridized carbons (Fsp3) is 0.269. The number of hydrogen-bond donors (Lipinski definition) is 2. The maximum absolute atomic E-state index is 13.1. The zero-order valence-corrected chi connectivity index (χ0v) is 19.2. The molecule has 0 spiro atoms. The number of nitrogens with zero attached hydrogens (tertiary/aromatic N) is 1. The summed E-state index contributed by atoms with van der Waals surface area (Å²) in [5.74, 6) is -0.467. The zero-order valence-electron chi connectivity index (χ0n) is 18.4. The standard InChI is InChI=1S/C26H26ClN3O3/c1-2-24(31)28-19-10-11-22(27)23(16-19)29-25(32)18-12-14-30(15-13-18)26(33)21-9-5-7-17-6-3-4-8-20(17)21/h3-11,16,18H,2,12-15H2,1H3,(H,28,31)(H,29,32). The van der Waals surface area contributed by atoms with E-state index in [9.17, 15) is 14.4 Å². The maximum Gasteiger partial charge on any atom is 0.254 e. The summed E-state index contributed by atoms with van der Waals surface area (Å²) in [6, 6.07) is 18.6. The van der Waals surface area contributed by atoms with Crippen LogP contribution in [-0.4, -0.2) is 35.7 Å². The van der Waals surface area contributed by atoms with Crippen molar-refractivity contribution in [3.05, 3.63) is 71.2 Å². The number of rotatable bonds is 5. The van der Waals surface area contributed by atoms with Crippen LogP contribution in [0.25, 0.3) is 10.8 Å². The van der Waals surface area contributed by atoms with Gasteiger partial charge in [-0.15, -0.1) is 0 Å². The van der Waals surface area contributed by atoms with E-state index in [4.69, 9.17) is 11.6 Å². The van der Waals surface area contributed by atoms with Gasteiger partial charge in [0.25, 0.3) is 5.91 Å². The van der Waals surface area contributed by atoms with E-state index in [-0.39, 0.29) is 23.6 Å². The SMILES string of the molecule is CCC(=O)Nc1ccc(Cl)c(NC(=O)C2CCN(C(=O)c3cccc4ccccc34)CC2)c1. The van der Waals surface area contributed by atoms with Crippen molar-refractivity contribution in [2.75, 3.05) is 23.7 Å². The first-order valence-electron chi connectivity index (χ1n) is 11.1. The monoisotopic (exact) mass is 463 g/mol. The molecule has 1 saturated heterocycles. The average Bonchev–Trinajstić information content (AvgIpc) is 2.85. The van der Waals surface area contributed by atoms with Crippen LogP contribution in [0.4, 0.5) is 11.4 Å². The van der Waals surface area contributed by atoms with Gasteiger partial charge in [-0.1, -0.05) is 54.9 Å². The minimum absolute atomic E-state index is 0.00642. The number of likely N-dealkylation sites (tertiary alicyclic amines) is 1. The van der Waals surface area contributed by atoms with E-state index in [1.165, 1.54) is 0 Å². The maximum atomic E-state index is 13.1. The zero-order chi connectivity index (χ0) is 23.4. The first-order valence-corrected chi connectivity index (χ1v) is 11.5. The van der Waals surface area contributed by atoms with Crippen LogP contribution in [0.1, 0.15) is 36.5 Å². The molecule has 0 atom stereocenters. The number of benzene rings is 3. The minimum Gasteiger partial charge on any atom is -0.339 e. The topological polar surface area (TPSA) is 78.5 Å². The predicted molar refractivity (Wildman–Crippen MR) is 132 cm³/mol. The molecule has 170 valence electrons. The molecule has 1 aliphatic heterocycles. The van der Waals surface area contributed by atoms with Gasteiger partial charge < -0.3 is 15.5 Å². The highest BCUT2D eigenvalue weighted by Gasteiger charge is 2.28. The van der Waals surface area contributed by atoms with Crippen molar-refractivity contribution in [1.29, 1.82) is 0 Å². The molecule has 4 rings (SSSR count). The molecule has 3 amide bonds. The Bertz CT molecular complexity index is 1200. The number of nitrogens with one attached hydrogen (secondary N) is 2. The summed E-state index contributed by atoms with van der Waals surface area (Å²) in [5, 5.41) is 8.03. The van der Waals surface area contributed by atoms with Gasteiger partial charge in [-0.05, 0) is 47.9 Å². The second-order valence-corrected chi connectivity index (χ2v) is 8.59. The van der Waals surface area contributed by atoms with Crippen LogP contribution in [0.3, 0.4) is 0 Å². The fourth-order valence-corrected chi connectivity index (χ4v) is 4.27. The fourth-order valence-electron chi connectivity index (χ4n) is 4.11. The Balaban J connectivity index is 1.39. The van der Waals surface area contributed by atoms with Crippen LogP contribution < -0.4 is 10.6 Å². The van der Waals surface area contributed by atoms with Crippen molar-refractivity contribution in [3.63, 3.8) is 0 Å². The first kappa shape index (κ1) is 22.8. The first-order chi connectivity index (χ1) is 16.0. The van der Waals surface area contributed by atoms with E-state index in [2.05, 4.69) is 10.6 Å². The van der Waals surface area contributed by atoms with Gasteiger partial charge in [0, 0.05) is 36.7 Å². The van der Waals surface area contributed by atoms with Gasteiger partial charge in [0.1, 0.15) is 0 Å². The average molecular weight is 464 g/mol. The van der Waals surface area contributed by atoms with Crippen LogP contribution in [0.15, 0.2) is 60.7 Å². The molecule has 0 aromatic heterocycles. The molecular formula is C26H26ClN3O3. The van der Waals surface area contributed by atoms with Gasteiger partial charge in [0.15, 0.2) is 0 Å². The molecule has 1 heterocycles. The molecule has 0 saturated carbocycles. The molecule has 0 bridgehead atoms. The summed E-state index contributed by atoms with van der Waals surface area (Å²) in [6.45, 7) is 2.80. The Hall–Kier alpha value is -3.38. The molecule has 3 aromatic rings. The van der Waals surface area contributed by atoms with Crippen molar-refractivity contribution in [3.8, 4) is 0 Å². The molecule has 0 unspecified atom stereocenters. The van der Waals surface area contributed by atoms with Gasteiger partial charge >= 0.3 is 0 Å². The van der Waals surface area contributed by atoms with Crippen molar-refractivity contribution in [2.45, 2.75) is 26.2 Å². The Labute approximate surface area is 197 Å². The van der Waals surface area contributed by atoms with E-state index in [1.807, 2.05) is 47.4 Å². The van der Waals surface area contributed by atoms with Crippen LogP contribution in [0.2, 0.25) is 5.02 Å². The molecule has 2 N–H and O–H groups in total. The second-order valence-electron chi connectivity index (χ2n) is 8.18. The Morgan fingerprint density at radius 2 is 1.70 bits per heavy atom. The summed E-state index contributed by atoms with van der Waals surface area (Å²) in [5.41, 5.74) is 1.73. The Morgan fingerprint density at radius 1 is 0.970 bits per heavy atom. The van der Waals surface area contributed by atoms with Gasteiger partial charge in [-0.3, -0.25) is 14.4 Å². The van der Waals surface area contributed by atoms with E-state index in [1.54, 1.807) is 25.1 Å². The molecular weight excluding hydrogens is 438 g/mol. The predicted octanol–water partition coefficient (Wildman–Crippen LogP) is 5.33. The molecule has 33 heavy (non-hydrogen) atoms. The highest BCUT2D eigenvalue weighted by atomic mass is 35.5. The lowest BCUT2D eigenvalue weighted by atomic mass is 9.94. The third kappa shape index (κ3) is 5.17. The summed E-state index contributed by atoms with van der Waals surface area (Å²) in [6.07, 6.45) is 1.51. The molecule has 3 aromatic carbocycles. The van der Waals surface area contributed by atoms with Crippen molar-refractivity contribution >= 4 is 51.5 Å². The summed E-state index contributed by atoms with van der Waals surface area (Å²) < 4.78 is 0. The van der Waals surface area contributed by atoms with E-state index < -0.39 is 0 Å². The van der Waals surface area contributed by atoms with Crippen LogP contribution in [0.5, 0.6) is 0 Å².